The van der Waals surface area contributed by atoms with Gasteiger partial charge in [-0.15, -0.1) is 0 Å². The average molecular weight is 279 g/mol. The Morgan fingerprint density at radius 2 is 1.89 bits per heavy atom. The van der Waals surface area contributed by atoms with Crippen LogP contribution in [0.2, 0.25) is 0 Å². The molecule has 1 heterocycles. The van der Waals surface area contributed by atoms with Crippen molar-refractivity contribution in [2.45, 2.75) is 25.2 Å². The minimum atomic E-state index is -3.55. The van der Waals surface area contributed by atoms with Crippen LogP contribution in [0.4, 0.5) is 5.69 Å². The van der Waals surface area contributed by atoms with E-state index in [2.05, 4.69) is 9.82 Å². The zero-order valence-electron chi connectivity index (χ0n) is 11.2. The maximum atomic E-state index is 12.2. The van der Waals surface area contributed by atoms with Gasteiger partial charge in [-0.05, 0) is 31.0 Å². The van der Waals surface area contributed by atoms with Gasteiger partial charge in [0.25, 0.3) is 10.0 Å². The molecule has 0 aliphatic carbocycles. The number of aromatic nitrogens is 2. The Morgan fingerprint density at radius 1 is 1.26 bits per heavy atom. The van der Waals surface area contributed by atoms with Gasteiger partial charge in [-0.2, -0.15) is 5.10 Å². The molecule has 0 aliphatic heterocycles. The number of rotatable bonds is 4. The molecule has 1 N–H and O–H groups in total. The molecule has 0 fully saturated rings. The van der Waals surface area contributed by atoms with Gasteiger partial charge in [0.05, 0.1) is 16.3 Å². The first-order valence-electron chi connectivity index (χ1n) is 6.04. The van der Waals surface area contributed by atoms with Gasteiger partial charge in [0.1, 0.15) is 0 Å². The van der Waals surface area contributed by atoms with Crippen LogP contribution in [-0.2, 0) is 23.5 Å². The number of nitrogens with zero attached hydrogens (tertiary/aromatic N) is 2. The average Bonchev–Trinajstić information content (AvgIpc) is 2.67. The minimum Gasteiger partial charge on any atom is -0.276 e. The maximum Gasteiger partial charge on any atom is 0.262 e. The topological polar surface area (TPSA) is 64.0 Å². The van der Waals surface area contributed by atoms with Crippen molar-refractivity contribution in [2.24, 2.45) is 7.05 Å². The van der Waals surface area contributed by atoms with Crippen molar-refractivity contribution in [1.82, 2.24) is 9.78 Å². The van der Waals surface area contributed by atoms with Gasteiger partial charge in [0.2, 0.25) is 0 Å². The summed E-state index contributed by atoms with van der Waals surface area (Å²) >= 11 is 0. The Hall–Kier alpha value is -1.82. The second-order valence-electron chi connectivity index (χ2n) is 4.40. The molecule has 2 aromatic rings. The van der Waals surface area contributed by atoms with Crippen LogP contribution in [-0.4, -0.2) is 18.2 Å². The van der Waals surface area contributed by atoms with Crippen molar-refractivity contribution in [3.05, 3.63) is 41.7 Å². The van der Waals surface area contributed by atoms with E-state index in [1.165, 1.54) is 0 Å². The SMILES string of the molecule is CCc1ccc(S(=O)(=O)Nc2cn(C)nc2C)cc1. The van der Waals surface area contributed by atoms with E-state index in [0.717, 1.165) is 12.0 Å². The van der Waals surface area contributed by atoms with E-state index in [-0.39, 0.29) is 4.90 Å². The number of aryl methyl sites for hydroxylation is 3. The van der Waals surface area contributed by atoms with Crippen molar-refractivity contribution in [2.75, 3.05) is 4.72 Å². The predicted molar refractivity (Wildman–Crippen MR) is 74.6 cm³/mol. The number of benzene rings is 1. The standard InChI is InChI=1S/C13H17N3O2S/c1-4-11-5-7-12(8-6-11)19(17,18)15-13-9-16(3)14-10(13)2/h5-9,15H,4H2,1-3H3. The van der Waals surface area contributed by atoms with Crippen molar-refractivity contribution in [3.63, 3.8) is 0 Å². The molecule has 0 bridgehead atoms. The van der Waals surface area contributed by atoms with Crippen LogP contribution in [0, 0.1) is 6.92 Å². The third-order valence-corrected chi connectivity index (χ3v) is 4.28. The molecule has 2 rings (SSSR count). The van der Waals surface area contributed by atoms with Crippen LogP contribution in [0.1, 0.15) is 18.2 Å². The fourth-order valence-corrected chi connectivity index (χ4v) is 2.91. The lowest BCUT2D eigenvalue weighted by Gasteiger charge is -2.07. The van der Waals surface area contributed by atoms with Crippen molar-refractivity contribution in [3.8, 4) is 0 Å². The Bertz CT molecular complexity index is 672. The third-order valence-electron chi connectivity index (χ3n) is 2.90. The van der Waals surface area contributed by atoms with Gasteiger partial charge in [0, 0.05) is 13.2 Å². The Labute approximate surface area is 113 Å². The van der Waals surface area contributed by atoms with E-state index in [4.69, 9.17) is 0 Å². The van der Waals surface area contributed by atoms with Crippen LogP contribution in [0.5, 0.6) is 0 Å². The van der Waals surface area contributed by atoms with E-state index in [1.54, 1.807) is 37.0 Å². The molecular formula is C13H17N3O2S. The maximum absolute atomic E-state index is 12.2. The number of hydrogen-bond donors (Lipinski definition) is 1. The zero-order chi connectivity index (χ0) is 14.0. The molecule has 0 saturated heterocycles. The van der Waals surface area contributed by atoms with Crippen molar-refractivity contribution >= 4 is 15.7 Å². The van der Waals surface area contributed by atoms with Crippen LogP contribution in [0.15, 0.2) is 35.4 Å². The summed E-state index contributed by atoms with van der Waals surface area (Å²) in [5.41, 5.74) is 2.26. The molecule has 5 nitrogen and oxygen atoms in total. The largest absolute Gasteiger partial charge is 0.276 e. The minimum absolute atomic E-state index is 0.257. The molecular weight excluding hydrogens is 262 g/mol. The molecule has 0 aliphatic rings. The highest BCUT2D eigenvalue weighted by atomic mass is 32.2. The molecule has 19 heavy (non-hydrogen) atoms. The van der Waals surface area contributed by atoms with E-state index < -0.39 is 10.0 Å². The summed E-state index contributed by atoms with van der Waals surface area (Å²) in [5.74, 6) is 0. The van der Waals surface area contributed by atoms with Gasteiger partial charge < -0.3 is 0 Å². The van der Waals surface area contributed by atoms with E-state index in [9.17, 15) is 8.42 Å². The summed E-state index contributed by atoms with van der Waals surface area (Å²) in [6.07, 6.45) is 2.53. The summed E-state index contributed by atoms with van der Waals surface area (Å²) in [6.45, 7) is 3.79. The Balaban J connectivity index is 2.29. The van der Waals surface area contributed by atoms with E-state index in [0.29, 0.717) is 11.4 Å². The molecule has 0 saturated carbocycles. The molecule has 102 valence electrons. The van der Waals surface area contributed by atoms with Gasteiger partial charge in [-0.3, -0.25) is 9.40 Å². The predicted octanol–water partition coefficient (Wildman–Crippen LogP) is 2.09. The second-order valence-corrected chi connectivity index (χ2v) is 6.09. The fourth-order valence-electron chi connectivity index (χ4n) is 1.81. The van der Waals surface area contributed by atoms with Gasteiger partial charge >= 0.3 is 0 Å². The lowest BCUT2D eigenvalue weighted by Crippen LogP contribution is -2.13. The Kier molecular flexibility index (Phi) is 3.61. The molecule has 1 aromatic carbocycles. The van der Waals surface area contributed by atoms with Crippen LogP contribution in [0.25, 0.3) is 0 Å². The number of nitrogens with one attached hydrogen (secondary N) is 1. The van der Waals surface area contributed by atoms with E-state index >= 15 is 0 Å². The van der Waals surface area contributed by atoms with Crippen molar-refractivity contribution < 1.29 is 8.42 Å². The summed E-state index contributed by atoms with van der Waals surface area (Å²) in [7, 11) is -1.80. The number of sulfonamides is 1. The molecule has 0 spiro atoms. The Morgan fingerprint density at radius 3 is 2.37 bits per heavy atom. The highest BCUT2D eigenvalue weighted by molar-refractivity contribution is 7.92. The first-order chi connectivity index (χ1) is 8.92. The summed E-state index contributed by atoms with van der Waals surface area (Å²) in [4.78, 5) is 0.257. The quantitative estimate of drug-likeness (QED) is 0.932. The fraction of sp³-hybridized carbons (Fsp3) is 0.308. The summed E-state index contributed by atoms with van der Waals surface area (Å²) in [6, 6.07) is 6.88. The van der Waals surface area contributed by atoms with Gasteiger partial charge in [0.15, 0.2) is 0 Å². The second kappa shape index (κ2) is 5.05. The monoisotopic (exact) mass is 279 g/mol. The molecule has 0 amide bonds. The summed E-state index contributed by atoms with van der Waals surface area (Å²) in [5, 5.41) is 4.11. The molecule has 0 unspecified atom stereocenters. The molecule has 0 atom stereocenters. The number of anilines is 1. The van der Waals surface area contributed by atoms with E-state index in [1.807, 2.05) is 19.1 Å². The lowest BCUT2D eigenvalue weighted by atomic mass is 10.2. The molecule has 0 radical (unpaired) electrons. The van der Waals surface area contributed by atoms with Gasteiger partial charge in [-0.25, -0.2) is 8.42 Å². The number of hydrogen-bond acceptors (Lipinski definition) is 3. The van der Waals surface area contributed by atoms with Crippen LogP contribution in [0.3, 0.4) is 0 Å². The highest BCUT2D eigenvalue weighted by Gasteiger charge is 2.16. The van der Waals surface area contributed by atoms with Crippen molar-refractivity contribution in [1.29, 1.82) is 0 Å². The van der Waals surface area contributed by atoms with Crippen LogP contribution >= 0.6 is 0 Å². The highest BCUT2D eigenvalue weighted by Crippen LogP contribution is 2.18. The summed E-state index contributed by atoms with van der Waals surface area (Å²) < 4.78 is 28.6. The van der Waals surface area contributed by atoms with Crippen LogP contribution < -0.4 is 4.72 Å². The third kappa shape index (κ3) is 2.96. The zero-order valence-corrected chi connectivity index (χ0v) is 12.0. The smallest absolute Gasteiger partial charge is 0.262 e. The van der Waals surface area contributed by atoms with Gasteiger partial charge in [-0.1, -0.05) is 19.1 Å². The molecule has 1 aromatic heterocycles. The molecule has 6 heteroatoms. The lowest BCUT2D eigenvalue weighted by molar-refractivity contribution is 0.601. The normalized spacial score (nSPS) is 11.5. The first kappa shape index (κ1) is 13.6. The first-order valence-corrected chi connectivity index (χ1v) is 7.52.